The zero-order valence-corrected chi connectivity index (χ0v) is 18.3. The Kier molecular flexibility index (Phi) is 10.2. The van der Waals surface area contributed by atoms with Crippen LogP contribution in [0.5, 0.6) is 0 Å². The summed E-state index contributed by atoms with van der Waals surface area (Å²) in [5.41, 5.74) is 0.933. The molecule has 0 aromatic carbocycles. The van der Waals surface area contributed by atoms with E-state index in [1.54, 1.807) is 13.2 Å². The number of methoxy groups -OCH3 is 1. The summed E-state index contributed by atoms with van der Waals surface area (Å²) in [6.07, 6.45) is 9.28. The van der Waals surface area contributed by atoms with Crippen LogP contribution in [-0.4, -0.2) is 38.1 Å². The Morgan fingerprint density at radius 1 is 1.04 bits per heavy atom. The molecule has 23 heavy (non-hydrogen) atoms. The number of hydrogen-bond acceptors (Lipinski definition) is 3. The number of hydrogen-bond donors (Lipinski definition) is 0. The van der Waals surface area contributed by atoms with Gasteiger partial charge in [-0.25, -0.2) is 0 Å². The van der Waals surface area contributed by atoms with Crippen molar-refractivity contribution in [2.45, 2.75) is 72.6 Å². The van der Waals surface area contributed by atoms with Crippen molar-refractivity contribution >= 4 is 24.3 Å². The van der Waals surface area contributed by atoms with Gasteiger partial charge in [-0.1, -0.05) is 0 Å². The molecule has 0 aromatic rings. The monoisotopic (exact) mass is 430 g/mol. The summed E-state index contributed by atoms with van der Waals surface area (Å²) in [4.78, 5) is 11.7. The van der Waals surface area contributed by atoms with Gasteiger partial charge in [-0.2, -0.15) is 0 Å². The van der Waals surface area contributed by atoms with E-state index in [0.717, 1.165) is 11.3 Å². The number of rotatable bonds is 12. The number of cyclic esters (lactones) is 1. The zero-order chi connectivity index (χ0) is 17.1. The Morgan fingerprint density at radius 3 is 2.00 bits per heavy atom. The average Bonchev–Trinajstić information content (AvgIpc) is 2.88. The third kappa shape index (κ3) is 7.00. The number of esters is 1. The third-order valence-corrected chi connectivity index (χ3v) is 18.7. The minimum absolute atomic E-state index is 0.232. The minimum atomic E-state index is -2.43. The van der Waals surface area contributed by atoms with Crippen molar-refractivity contribution in [1.82, 2.24) is 0 Å². The molecule has 0 radical (unpaired) electrons. The fourth-order valence-corrected chi connectivity index (χ4v) is 18.0. The zero-order valence-electron chi connectivity index (χ0n) is 15.5. The molecule has 0 spiro atoms. The summed E-state index contributed by atoms with van der Waals surface area (Å²) < 4.78 is 17.4. The number of unbranched alkanes of at least 4 members (excludes halogenated alkanes) is 3. The SMILES string of the molecule is CCC[CH2][Sn]([CH]=C1OC(=O)C=C1COC)([CH2]CCC)[CH2]CCC. The molecule has 0 unspecified atom stereocenters. The Hall–Kier alpha value is -0.291. The van der Waals surface area contributed by atoms with Gasteiger partial charge in [0.05, 0.1) is 0 Å². The van der Waals surface area contributed by atoms with Crippen LogP contribution < -0.4 is 0 Å². The van der Waals surface area contributed by atoms with Gasteiger partial charge in [-0.3, -0.25) is 0 Å². The maximum atomic E-state index is 11.7. The summed E-state index contributed by atoms with van der Waals surface area (Å²) in [6.45, 7) is 7.29. The van der Waals surface area contributed by atoms with Gasteiger partial charge >= 0.3 is 146 Å². The third-order valence-electron chi connectivity index (χ3n) is 4.64. The predicted octanol–water partition coefficient (Wildman–Crippen LogP) is 5.39. The first-order valence-electron chi connectivity index (χ1n) is 9.25. The van der Waals surface area contributed by atoms with Crippen LogP contribution >= 0.6 is 0 Å². The average molecular weight is 429 g/mol. The van der Waals surface area contributed by atoms with Crippen molar-refractivity contribution in [2.75, 3.05) is 13.7 Å². The van der Waals surface area contributed by atoms with Crippen LogP contribution in [0.4, 0.5) is 0 Å². The molecule has 0 atom stereocenters. The summed E-state index contributed by atoms with van der Waals surface area (Å²) >= 11 is -2.43. The Labute approximate surface area is 146 Å². The molecule has 3 nitrogen and oxygen atoms in total. The van der Waals surface area contributed by atoms with E-state index in [1.807, 2.05) is 0 Å². The summed E-state index contributed by atoms with van der Waals surface area (Å²) in [5.74, 6) is 0.598. The molecular weight excluding hydrogens is 395 g/mol. The molecule has 1 rings (SSSR count). The van der Waals surface area contributed by atoms with E-state index in [2.05, 4.69) is 24.9 Å². The van der Waals surface area contributed by atoms with Crippen LogP contribution in [0.1, 0.15) is 59.3 Å². The van der Waals surface area contributed by atoms with Crippen molar-refractivity contribution in [1.29, 1.82) is 0 Å². The quantitative estimate of drug-likeness (QED) is 0.309. The van der Waals surface area contributed by atoms with Crippen LogP contribution in [0, 0.1) is 0 Å². The molecule has 0 amide bonds. The molecule has 1 heterocycles. The molecular formula is C19H34O3Sn. The fourth-order valence-electron chi connectivity index (χ4n) is 3.26. The molecule has 0 aromatic heterocycles. The van der Waals surface area contributed by atoms with Gasteiger partial charge in [-0.05, 0) is 0 Å². The first-order chi connectivity index (χ1) is 11.1. The van der Waals surface area contributed by atoms with E-state index in [0.29, 0.717) is 6.61 Å². The van der Waals surface area contributed by atoms with Crippen LogP contribution in [0.15, 0.2) is 21.5 Å². The van der Waals surface area contributed by atoms with Gasteiger partial charge in [0.25, 0.3) is 0 Å². The predicted molar refractivity (Wildman–Crippen MR) is 99.0 cm³/mol. The van der Waals surface area contributed by atoms with Crippen molar-refractivity contribution in [3.8, 4) is 0 Å². The number of carbonyl (C=O) groups is 1. The van der Waals surface area contributed by atoms with Crippen LogP contribution in [0.3, 0.4) is 0 Å². The van der Waals surface area contributed by atoms with Gasteiger partial charge in [0, 0.05) is 0 Å². The molecule has 1 aliphatic rings. The second-order valence-corrected chi connectivity index (χ2v) is 19.6. The molecule has 1 aliphatic heterocycles. The van der Waals surface area contributed by atoms with Crippen molar-refractivity contribution in [2.24, 2.45) is 0 Å². The topological polar surface area (TPSA) is 35.5 Å². The first-order valence-corrected chi connectivity index (χ1v) is 17.0. The van der Waals surface area contributed by atoms with Gasteiger partial charge < -0.3 is 0 Å². The van der Waals surface area contributed by atoms with E-state index >= 15 is 0 Å². The Morgan fingerprint density at radius 2 is 1.57 bits per heavy atom. The molecule has 0 saturated heterocycles. The van der Waals surface area contributed by atoms with Gasteiger partial charge in [0.15, 0.2) is 0 Å². The van der Waals surface area contributed by atoms with Gasteiger partial charge in [0.2, 0.25) is 0 Å². The maximum absolute atomic E-state index is 11.7. The Balaban J connectivity index is 3.06. The first kappa shape index (κ1) is 20.8. The summed E-state index contributed by atoms with van der Waals surface area (Å²) in [6, 6.07) is 0. The van der Waals surface area contributed by atoms with Crippen molar-refractivity contribution < 1.29 is 14.3 Å². The normalized spacial score (nSPS) is 16.8. The van der Waals surface area contributed by atoms with Gasteiger partial charge in [-0.15, -0.1) is 0 Å². The van der Waals surface area contributed by atoms with E-state index in [9.17, 15) is 4.79 Å². The fraction of sp³-hybridized carbons (Fsp3) is 0.737. The molecule has 0 N–H and O–H groups in total. The van der Waals surface area contributed by atoms with Crippen LogP contribution in [0.25, 0.3) is 0 Å². The van der Waals surface area contributed by atoms with E-state index in [1.165, 1.54) is 51.8 Å². The molecule has 132 valence electrons. The summed E-state index contributed by atoms with van der Waals surface area (Å²) in [7, 11) is 1.67. The standard InChI is InChI=1S/C7H7O3.3C4H9.Sn/c1-5-6(4-9-2)3-7(8)10-5;3*1-3-4-2;/h1,3H,4H2,2H3;3*1,3-4H2,2H3;. The van der Waals surface area contributed by atoms with Crippen LogP contribution in [0.2, 0.25) is 13.3 Å². The molecule has 0 saturated carbocycles. The second-order valence-electron chi connectivity index (χ2n) is 6.71. The molecule has 4 heteroatoms. The number of ether oxygens (including phenoxy) is 2. The van der Waals surface area contributed by atoms with E-state index in [-0.39, 0.29) is 5.97 Å². The Bertz CT molecular complexity index is 405. The van der Waals surface area contributed by atoms with Gasteiger partial charge in [0.1, 0.15) is 0 Å². The van der Waals surface area contributed by atoms with E-state index in [4.69, 9.17) is 9.47 Å². The van der Waals surface area contributed by atoms with Crippen molar-refractivity contribution in [3.05, 3.63) is 21.5 Å². The van der Waals surface area contributed by atoms with E-state index < -0.39 is 18.4 Å². The number of carbonyl (C=O) groups excluding carboxylic acids is 1. The van der Waals surface area contributed by atoms with Crippen molar-refractivity contribution in [3.63, 3.8) is 0 Å². The molecule has 0 fully saturated rings. The second kappa shape index (κ2) is 11.3. The molecule has 0 aliphatic carbocycles. The molecule has 0 bridgehead atoms. The van der Waals surface area contributed by atoms with Crippen LogP contribution in [-0.2, 0) is 14.3 Å². The summed E-state index contributed by atoms with van der Waals surface area (Å²) in [5, 5.41) is 0.